The summed E-state index contributed by atoms with van der Waals surface area (Å²) in [7, 11) is 1.42. The third-order valence-electron chi connectivity index (χ3n) is 3.31. The number of carbonyl (C=O) groups is 1. The molecule has 0 radical (unpaired) electrons. The summed E-state index contributed by atoms with van der Waals surface area (Å²) in [5, 5.41) is 8.88. The number of methoxy groups -OCH3 is 1. The molecule has 4 heteroatoms. The topological polar surface area (TPSA) is 53.3 Å². The van der Waals surface area contributed by atoms with Crippen molar-refractivity contribution < 1.29 is 9.53 Å². The van der Waals surface area contributed by atoms with Crippen molar-refractivity contribution in [3.05, 3.63) is 29.8 Å². The summed E-state index contributed by atoms with van der Waals surface area (Å²) >= 11 is 0. The molecule has 0 bridgehead atoms. The number of nitrogens with zero attached hydrogens (tertiary/aromatic N) is 2. The average Bonchev–Trinajstić information content (AvgIpc) is 2.87. The quantitative estimate of drug-likeness (QED) is 0.762. The Morgan fingerprint density at radius 2 is 2.44 bits per heavy atom. The molecule has 1 fully saturated rings. The summed E-state index contributed by atoms with van der Waals surface area (Å²) in [6.45, 7) is 1.78. The molecule has 0 N–H and O–H groups in total. The van der Waals surface area contributed by atoms with Gasteiger partial charge in [-0.2, -0.15) is 5.26 Å². The van der Waals surface area contributed by atoms with Crippen LogP contribution in [-0.4, -0.2) is 26.2 Å². The maximum atomic E-state index is 11.2. The Hall–Kier alpha value is -2.02. The molecule has 2 rings (SSSR count). The van der Waals surface area contributed by atoms with Gasteiger partial charge in [-0.3, -0.25) is 4.79 Å². The lowest BCUT2D eigenvalue weighted by Crippen LogP contribution is -2.20. The van der Waals surface area contributed by atoms with Gasteiger partial charge < -0.3 is 9.64 Å². The minimum atomic E-state index is -0.146. The molecule has 0 aromatic heterocycles. The predicted octanol–water partition coefficient (Wildman–Crippen LogP) is 1.95. The summed E-state index contributed by atoms with van der Waals surface area (Å²) in [4.78, 5) is 13.4. The van der Waals surface area contributed by atoms with Crippen LogP contribution in [0, 0.1) is 17.2 Å². The van der Waals surface area contributed by atoms with Crippen molar-refractivity contribution in [1.82, 2.24) is 0 Å². The molecular weight excluding hydrogens is 228 g/mol. The van der Waals surface area contributed by atoms with Gasteiger partial charge in [0, 0.05) is 18.8 Å². The maximum absolute atomic E-state index is 11.2. The van der Waals surface area contributed by atoms with E-state index in [0.29, 0.717) is 17.9 Å². The van der Waals surface area contributed by atoms with E-state index in [2.05, 4.69) is 15.7 Å². The van der Waals surface area contributed by atoms with E-state index in [1.54, 1.807) is 6.07 Å². The van der Waals surface area contributed by atoms with Crippen LogP contribution in [0.15, 0.2) is 24.3 Å². The Labute approximate surface area is 107 Å². The van der Waals surface area contributed by atoms with Crippen molar-refractivity contribution in [3.63, 3.8) is 0 Å². The predicted molar refractivity (Wildman–Crippen MR) is 68.1 cm³/mol. The fourth-order valence-electron chi connectivity index (χ4n) is 2.32. The second-order valence-corrected chi connectivity index (χ2v) is 4.54. The SMILES string of the molecule is COC(=O)CC1CCN(c2cccc(C#N)c2)C1. The molecule has 1 aliphatic rings. The maximum Gasteiger partial charge on any atom is 0.305 e. The molecule has 1 aromatic carbocycles. The van der Waals surface area contributed by atoms with E-state index in [-0.39, 0.29) is 5.97 Å². The third-order valence-corrected chi connectivity index (χ3v) is 3.31. The summed E-state index contributed by atoms with van der Waals surface area (Å²) in [5.74, 6) is 0.204. The summed E-state index contributed by atoms with van der Waals surface area (Å²) in [6, 6.07) is 9.72. The minimum Gasteiger partial charge on any atom is -0.469 e. The molecule has 18 heavy (non-hydrogen) atoms. The number of hydrogen-bond acceptors (Lipinski definition) is 4. The van der Waals surface area contributed by atoms with E-state index in [1.165, 1.54) is 7.11 Å². The van der Waals surface area contributed by atoms with Gasteiger partial charge in [0.1, 0.15) is 0 Å². The van der Waals surface area contributed by atoms with Gasteiger partial charge in [0.05, 0.1) is 25.2 Å². The van der Waals surface area contributed by atoms with Gasteiger partial charge in [0.25, 0.3) is 0 Å². The van der Waals surface area contributed by atoms with Crippen molar-refractivity contribution in [1.29, 1.82) is 5.26 Å². The second-order valence-electron chi connectivity index (χ2n) is 4.54. The molecule has 4 nitrogen and oxygen atoms in total. The zero-order chi connectivity index (χ0) is 13.0. The number of ether oxygens (including phenoxy) is 1. The molecule has 1 atom stereocenters. The normalized spacial score (nSPS) is 18.4. The Kier molecular flexibility index (Phi) is 3.83. The fraction of sp³-hybridized carbons (Fsp3) is 0.429. The smallest absolute Gasteiger partial charge is 0.305 e. The summed E-state index contributed by atoms with van der Waals surface area (Å²) < 4.78 is 4.69. The highest BCUT2D eigenvalue weighted by atomic mass is 16.5. The van der Waals surface area contributed by atoms with E-state index in [1.807, 2.05) is 18.2 Å². The molecular formula is C14H16N2O2. The molecule has 0 spiro atoms. The van der Waals surface area contributed by atoms with Crippen LogP contribution in [0.2, 0.25) is 0 Å². The fourth-order valence-corrected chi connectivity index (χ4v) is 2.32. The van der Waals surface area contributed by atoms with Gasteiger partial charge in [-0.25, -0.2) is 0 Å². The van der Waals surface area contributed by atoms with E-state index in [9.17, 15) is 4.79 Å². The van der Waals surface area contributed by atoms with Crippen LogP contribution in [0.1, 0.15) is 18.4 Å². The molecule has 0 aliphatic carbocycles. The number of carbonyl (C=O) groups excluding carboxylic acids is 1. The summed E-state index contributed by atoms with van der Waals surface area (Å²) in [5.41, 5.74) is 1.73. The van der Waals surface area contributed by atoms with Crippen molar-refractivity contribution in [2.24, 2.45) is 5.92 Å². The van der Waals surface area contributed by atoms with Gasteiger partial charge in [-0.05, 0) is 30.5 Å². The van der Waals surface area contributed by atoms with E-state index >= 15 is 0 Å². The number of anilines is 1. The Morgan fingerprint density at radius 1 is 1.61 bits per heavy atom. The first-order chi connectivity index (χ1) is 8.72. The van der Waals surface area contributed by atoms with Gasteiger partial charge in [0.2, 0.25) is 0 Å². The van der Waals surface area contributed by atoms with Crippen LogP contribution in [0.5, 0.6) is 0 Å². The van der Waals surface area contributed by atoms with E-state index < -0.39 is 0 Å². The highest BCUT2D eigenvalue weighted by Crippen LogP contribution is 2.26. The van der Waals surface area contributed by atoms with Crippen molar-refractivity contribution >= 4 is 11.7 Å². The molecule has 94 valence electrons. The van der Waals surface area contributed by atoms with Gasteiger partial charge in [-0.1, -0.05) is 6.07 Å². The van der Waals surface area contributed by atoms with Crippen molar-refractivity contribution in [2.75, 3.05) is 25.1 Å². The van der Waals surface area contributed by atoms with Crippen LogP contribution in [0.25, 0.3) is 0 Å². The van der Waals surface area contributed by atoms with Gasteiger partial charge in [-0.15, -0.1) is 0 Å². The Morgan fingerprint density at radius 3 is 3.17 bits per heavy atom. The molecule has 1 aromatic rings. The van der Waals surface area contributed by atoms with E-state index in [0.717, 1.165) is 25.2 Å². The average molecular weight is 244 g/mol. The number of rotatable bonds is 3. The second kappa shape index (κ2) is 5.54. The van der Waals surface area contributed by atoms with Gasteiger partial charge >= 0.3 is 5.97 Å². The lowest BCUT2D eigenvalue weighted by Gasteiger charge is -2.18. The lowest BCUT2D eigenvalue weighted by atomic mass is 10.1. The molecule has 1 saturated heterocycles. The minimum absolute atomic E-state index is 0.146. The first kappa shape index (κ1) is 12.4. The number of nitriles is 1. The van der Waals surface area contributed by atoms with Crippen LogP contribution in [0.4, 0.5) is 5.69 Å². The standard InChI is InChI=1S/C14H16N2O2/c1-18-14(17)8-12-5-6-16(10-12)13-4-2-3-11(7-13)9-15/h2-4,7,12H,5-6,8,10H2,1H3. The van der Waals surface area contributed by atoms with Crippen molar-refractivity contribution in [3.8, 4) is 6.07 Å². The van der Waals surface area contributed by atoms with Gasteiger partial charge in [0.15, 0.2) is 0 Å². The molecule has 1 aliphatic heterocycles. The lowest BCUT2D eigenvalue weighted by molar-refractivity contribution is -0.141. The molecule has 1 heterocycles. The molecule has 0 amide bonds. The van der Waals surface area contributed by atoms with E-state index in [4.69, 9.17) is 5.26 Å². The van der Waals surface area contributed by atoms with Crippen LogP contribution in [-0.2, 0) is 9.53 Å². The first-order valence-electron chi connectivity index (χ1n) is 6.05. The molecule has 0 saturated carbocycles. The zero-order valence-electron chi connectivity index (χ0n) is 10.4. The first-order valence-corrected chi connectivity index (χ1v) is 6.05. The van der Waals surface area contributed by atoms with Crippen LogP contribution >= 0.6 is 0 Å². The largest absolute Gasteiger partial charge is 0.469 e. The van der Waals surface area contributed by atoms with Crippen molar-refractivity contribution in [2.45, 2.75) is 12.8 Å². The number of hydrogen-bond donors (Lipinski definition) is 0. The summed E-state index contributed by atoms with van der Waals surface area (Å²) in [6.07, 6.45) is 1.47. The highest BCUT2D eigenvalue weighted by molar-refractivity contribution is 5.69. The van der Waals surface area contributed by atoms with Crippen LogP contribution < -0.4 is 4.90 Å². The monoisotopic (exact) mass is 244 g/mol. The zero-order valence-corrected chi connectivity index (χ0v) is 10.4. The number of esters is 1. The third kappa shape index (κ3) is 2.80. The highest BCUT2D eigenvalue weighted by Gasteiger charge is 2.25. The Bertz CT molecular complexity index is 479. The number of benzene rings is 1. The Balaban J connectivity index is 2.00. The van der Waals surface area contributed by atoms with Crippen LogP contribution in [0.3, 0.4) is 0 Å². The molecule has 1 unspecified atom stereocenters.